The number of nitrogens with one attached hydrogen (secondary N) is 1. The molecule has 0 radical (unpaired) electrons. The van der Waals surface area contributed by atoms with Crippen LogP contribution in [0.15, 0.2) is 18.3 Å². The molecular weight excluding hydrogens is 176 g/mol. The van der Waals surface area contributed by atoms with Crippen LogP contribution in [0.5, 0.6) is 5.88 Å². The van der Waals surface area contributed by atoms with Gasteiger partial charge in [-0.1, -0.05) is 13.3 Å². The number of aromatic nitrogens is 2. The first kappa shape index (κ1) is 9.06. The van der Waals surface area contributed by atoms with E-state index in [-0.39, 0.29) is 0 Å². The van der Waals surface area contributed by atoms with Gasteiger partial charge < -0.3 is 9.72 Å². The summed E-state index contributed by atoms with van der Waals surface area (Å²) in [5.41, 5.74) is 3.38. The van der Waals surface area contributed by atoms with Crippen molar-refractivity contribution >= 4 is 11.0 Å². The SMILES string of the molecule is CCCc1c[nH]c2ccc(OC)nc12. The molecule has 74 valence electrons. The summed E-state index contributed by atoms with van der Waals surface area (Å²) in [4.78, 5) is 7.63. The monoisotopic (exact) mass is 190 g/mol. The highest BCUT2D eigenvalue weighted by atomic mass is 16.5. The van der Waals surface area contributed by atoms with Crippen molar-refractivity contribution < 1.29 is 4.74 Å². The molecule has 2 aromatic rings. The summed E-state index contributed by atoms with van der Waals surface area (Å²) in [6.45, 7) is 2.17. The normalized spacial score (nSPS) is 10.7. The minimum absolute atomic E-state index is 0.675. The highest BCUT2D eigenvalue weighted by Crippen LogP contribution is 2.20. The lowest BCUT2D eigenvalue weighted by atomic mass is 10.2. The largest absolute Gasteiger partial charge is 0.481 e. The summed E-state index contributed by atoms with van der Waals surface area (Å²) < 4.78 is 5.10. The van der Waals surface area contributed by atoms with Crippen LogP contribution >= 0.6 is 0 Å². The topological polar surface area (TPSA) is 37.9 Å². The van der Waals surface area contributed by atoms with E-state index >= 15 is 0 Å². The number of rotatable bonds is 3. The fourth-order valence-electron chi connectivity index (χ4n) is 1.61. The average molecular weight is 190 g/mol. The highest BCUT2D eigenvalue weighted by Gasteiger charge is 2.05. The van der Waals surface area contributed by atoms with Gasteiger partial charge in [-0.25, -0.2) is 4.98 Å². The predicted octanol–water partition coefficient (Wildman–Crippen LogP) is 2.52. The van der Waals surface area contributed by atoms with Gasteiger partial charge in [-0.15, -0.1) is 0 Å². The van der Waals surface area contributed by atoms with Crippen LogP contribution < -0.4 is 4.74 Å². The van der Waals surface area contributed by atoms with E-state index in [1.54, 1.807) is 7.11 Å². The van der Waals surface area contributed by atoms with Gasteiger partial charge in [0, 0.05) is 12.3 Å². The Morgan fingerprint density at radius 1 is 1.43 bits per heavy atom. The Bertz CT molecular complexity index is 434. The number of aryl methyl sites for hydroxylation is 1. The zero-order valence-electron chi connectivity index (χ0n) is 8.50. The molecular formula is C11H14N2O. The Hall–Kier alpha value is -1.51. The van der Waals surface area contributed by atoms with E-state index in [0.717, 1.165) is 23.9 Å². The van der Waals surface area contributed by atoms with E-state index < -0.39 is 0 Å². The number of pyridine rings is 1. The van der Waals surface area contributed by atoms with Gasteiger partial charge in [0.15, 0.2) is 0 Å². The first-order valence-electron chi connectivity index (χ1n) is 4.86. The molecule has 2 aromatic heterocycles. The molecule has 3 nitrogen and oxygen atoms in total. The van der Waals surface area contributed by atoms with Gasteiger partial charge in [-0.3, -0.25) is 0 Å². The zero-order chi connectivity index (χ0) is 9.97. The van der Waals surface area contributed by atoms with E-state index in [2.05, 4.69) is 16.9 Å². The molecule has 0 amide bonds. The number of hydrogen-bond acceptors (Lipinski definition) is 2. The quantitative estimate of drug-likeness (QED) is 0.807. The molecule has 0 aliphatic rings. The summed E-state index contributed by atoms with van der Waals surface area (Å²) in [5, 5.41) is 0. The van der Waals surface area contributed by atoms with Gasteiger partial charge in [0.1, 0.15) is 0 Å². The Morgan fingerprint density at radius 3 is 3.00 bits per heavy atom. The average Bonchev–Trinajstić information content (AvgIpc) is 2.61. The van der Waals surface area contributed by atoms with E-state index in [0.29, 0.717) is 5.88 Å². The molecule has 3 heteroatoms. The lowest BCUT2D eigenvalue weighted by Gasteiger charge is -1.99. The van der Waals surface area contributed by atoms with Crippen LogP contribution in [0.1, 0.15) is 18.9 Å². The summed E-state index contributed by atoms with van der Waals surface area (Å²) in [6, 6.07) is 3.87. The van der Waals surface area contributed by atoms with Crippen molar-refractivity contribution in [3.05, 3.63) is 23.9 Å². The summed E-state index contributed by atoms with van der Waals surface area (Å²) in [6.07, 6.45) is 4.21. The van der Waals surface area contributed by atoms with Crippen LogP contribution in [0, 0.1) is 0 Å². The molecule has 2 heterocycles. The van der Waals surface area contributed by atoms with Gasteiger partial charge in [0.05, 0.1) is 18.1 Å². The number of methoxy groups -OCH3 is 1. The molecule has 0 bridgehead atoms. The molecule has 0 saturated carbocycles. The van der Waals surface area contributed by atoms with Gasteiger partial charge in [0.2, 0.25) is 5.88 Å². The molecule has 1 N–H and O–H groups in total. The maximum Gasteiger partial charge on any atom is 0.213 e. The first-order chi connectivity index (χ1) is 6.85. The number of aromatic amines is 1. The van der Waals surface area contributed by atoms with Crippen molar-refractivity contribution in [2.75, 3.05) is 7.11 Å². The predicted molar refractivity (Wildman–Crippen MR) is 56.6 cm³/mol. The second-order valence-electron chi connectivity index (χ2n) is 3.31. The molecule has 0 aliphatic heterocycles. The molecule has 0 spiro atoms. The summed E-state index contributed by atoms with van der Waals surface area (Å²) >= 11 is 0. The number of H-pyrrole nitrogens is 1. The lowest BCUT2D eigenvalue weighted by molar-refractivity contribution is 0.399. The van der Waals surface area contributed by atoms with Crippen LogP contribution in [0.3, 0.4) is 0 Å². The third-order valence-electron chi connectivity index (χ3n) is 2.30. The van der Waals surface area contributed by atoms with E-state index in [9.17, 15) is 0 Å². The second-order valence-corrected chi connectivity index (χ2v) is 3.31. The van der Waals surface area contributed by atoms with Crippen molar-refractivity contribution in [2.24, 2.45) is 0 Å². The van der Waals surface area contributed by atoms with Crippen molar-refractivity contribution in [3.8, 4) is 5.88 Å². The first-order valence-corrected chi connectivity index (χ1v) is 4.86. The molecule has 0 unspecified atom stereocenters. The van der Waals surface area contributed by atoms with Crippen LogP contribution in [0.2, 0.25) is 0 Å². The number of hydrogen-bond donors (Lipinski definition) is 1. The second kappa shape index (κ2) is 3.70. The van der Waals surface area contributed by atoms with Gasteiger partial charge in [-0.2, -0.15) is 0 Å². The smallest absolute Gasteiger partial charge is 0.213 e. The fourth-order valence-corrected chi connectivity index (χ4v) is 1.61. The molecule has 0 saturated heterocycles. The number of nitrogens with zero attached hydrogens (tertiary/aromatic N) is 1. The van der Waals surface area contributed by atoms with Crippen LogP contribution in [0.25, 0.3) is 11.0 Å². The van der Waals surface area contributed by atoms with Gasteiger partial charge in [-0.05, 0) is 18.1 Å². The van der Waals surface area contributed by atoms with E-state index in [1.165, 1.54) is 5.56 Å². The highest BCUT2D eigenvalue weighted by molar-refractivity contribution is 5.79. The van der Waals surface area contributed by atoms with Crippen molar-refractivity contribution in [1.82, 2.24) is 9.97 Å². The van der Waals surface area contributed by atoms with Crippen molar-refractivity contribution in [3.63, 3.8) is 0 Å². The summed E-state index contributed by atoms with van der Waals surface area (Å²) in [5.74, 6) is 0.675. The maximum atomic E-state index is 5.10. The summed E-state index contributed by atoms with van der Waals surface area (Å²) in [7, 11) is 1.64. The molecule has 0 fully saturated rings. The third-order valence-corrected chi connectivity index (χ3v) is 2.30. The van der Waals surface area contributed by atoms with E-state index in [1.807, 2.05) is 18.3 Å². The molecule has 0 aliphatic carbocycles. The van der Waals surface area contributed by atoms with Crippen molar-refractivity contribution in [1.29, 1.82) is 0 Å². The van der Waals surface area contributed by atoms with Crippen molar-refractivity contribution in [2.45, 2.75) is 19.8 Å². The van der Waals surface area contributed by atoms with Gasteiger partial charge >= 0.3 is 0 Å². The number of fused-ring (bicyclic) bond motifs is 1. The lowest BCUT2D eigenvalue weighted by Crippen LogP contribution is -1.88. The molecule has 14 heavy (non-hydrogen) atoms. The Morgan fingerprint density at radius 2 is 2.29 bits per heavy atom. The van der Waals surface area contributed by atoms with Gasteiger partial charge in [0.25, 0.3) is 0 Å². The molecule has 0 aromatic carbocycles. The minimum Gasteiger partial charge on any atom is -0.481 e. The van der Waals surface area contributed by atoms with Crippen LogP contribution in [-0.2, 0) is 6.42 Å². The van der Waals surface area contributed by atoms with E-state index in [4.69, 9.17) is 4.74 Å². The Labute approximate surface area is 83.1 Å². The fraction of sp³-hybridized carbons (Fsp3) is 0.364. The minimum atomic E-state index is 0.675. The van der Waals surface area contributed by atoms with Crippen LogP contribution in [-0.4, -0.2) is 17.1 Å². The molecule has 0 atom stereocenters. The molecule has 2 rings (SSSR count). The number of ether oxygens (including phenoxy) is 1. The Balaban J connectivity index is 2.52. The Kier molecular flexibility index (Phi) is 2.39. The zero-order valence-corrected chi connectivity index (χ0v) is 8.50. The van der Waals surface area contributed by atoms with Crippen LogP contribution in [0.4, 0.5) is 0 Å². The third kappa shape index (κ3) is 1.45. The maximum absolute atomic E-state index is 5.10. The standard InChI is InChI=1S/C11H14N2O/c1-3-4-8-7-12-9-5-6-10(14-2)13-11(8)9/h5-7,12H,3-4H2,1-2H3.